The first kappa shape index (κ1) is 20.9. The molecule has 0 unspecified atom stereocenters. The van der Waals surface area contributed by atoms with Crippen molar-refractivity contribution in [3.8, 4) is 0 Å². The fourth-order valence-corrected chi connectivity index (χ4v) is 5.74. The average Bonchev–Trinajstić information content (AvgIpc) is 3.13. The van der Waals surface area contributed by atoms with Gasteiger partial charge >= 0.3 is 6.03 Å². The molecule has 3 heterocycles. The van der Waals surface area contributed by atoms with Crippen molar-refractivity contribution in [3.63, 3.8) is 0 Å². The van der Waals surface area contributed by atoms with E-state index in [1.54, 1.807) is 24.3 Å². The third-order valence-electron chi connectivity index (χ3n) is 5.36. The smallest absolute Gasteiger partial charge is 0.324 e. The molecule has 2 aliphatic rings. The van der Waals surface area contributed by atoms with Crippen molar-refractivity contribution in [3.05, 3.63) is 45.3 Å². The van der Waals surface area contributed by atoms with Crippen molar-refractivity contribution in [2.75, 3.05) is 17.2 Å². The predicted octanol–water partition coefficient (Wildman–Crippen LogP) is 4.65. The van der Waals surface area contributed by atoms with E-state index in [0.29, 0.717) is 27.3 Å². The Kier molecular flexibility index (Phi) is 6.19. The SMILES string of the molecule is CCN1[C@H]2CC[C@@H]1c1c(sc(NC(=O)Nc3ccc(Cl)cc3)c1C(N)=O)C2.Cl. The minimum Gasteiger partial charge on any atom is -0.365 e. The summed E-state index contributed by atoms with van der Waals surface area (Å²) >= 11 is 7.34. The first-order valence-corrected chi connectivity index (χ1v) is 10.2. The van der Waals surface area contributed by atoms with Crippen LogP contribution < -0.4 is 16.4 Å². The van der Waals surface area contributed by atoms with Crippen LogP contribution in [0, 0.1) is 0 Å². The summed E-state index contributed by atoms with van der Waals surface area (Å²) in [5.74, 6) is -0.490. The van der Waals surface area contributed by atoms with Crippen LogP contribution in [0.5, 0.6) is 0 Å². The van der Waals surface area contributed by atoms with Gasteiger partial charge in [0.2, 0.25) is 0 Å². The van der Waals surface area contributed by atoms with E-state index >= 15 is 0 Å². The maximum Gasteiger partial charge on any atom is 0.324 e. The molecule has 2 atom stereocenters. The van der Waals surface area contributed by atoms with Gasteiger partial charge in [-0.25, -0.2) is 4.79 Å². The molecule has 9 heteroatoms. The number of urea groups is 1. The number of carbonyl (C=O) groups is 2. The molecule has 2 aromatic rings. The van der Waals surface area contributed by atoms with Gasteiger partial charge in [0.25, 0.3) is 5.91 Å². The number of carbonyl (C=O) groups excluding carboxylic acids is 2. The second-order valence-corrected chi connectivity index (χ2v) is 8.42. The quantitative estimate of drug-likeness (QED) is 0.646. The molecule has 2 aliphatic heterocycles. The van der Waals surface area contributed by atoms with Crippen molar-refractivity contribution in [2.45, 2.75) is 38.3 Å². The fraction of sp³-hybridized carbons (Fsp3) is 0.368. The van der Waals surface area contributed by atoms with Gasteiger partial charge in [-0.1, -0.05) is 18.5 Å². The highest BCUT2D eigenvalue weighted by Crippen LogP contribution is 2.50. The molecule has 0 saturated carbocycles. The molecule has 0 aliphatic carbocycles. The topological polar surface area (TPSA) is 87.5 Å². The van der Waals surface area contributed by atoms with Crippen LogP contribution in [0.2, 0.25) is 5.02 Å². The van der Waals surface area contributed by atoms with Gasteiger partial charge in [0.15, 0.2) is 0 Å². The van der Waals surface area contributed by atoms with Crippen molar-refractivity contribution >= 4 is 58.0 Å². The first-order valence-electron chi connectivity index (χ1n) is 9.02. The summed E-state index contributed by atoms with van der Waals surface area (Å²) in [4.78, 5) is 28.3. The molecule has 3 amide bonds. The number of hydrogen-bond donors (Lipinski definition) is 3. The zero-order valence-corrected chi connectivity index (χ0v) is 17.7. The Hall–Kier alpha value is -1.80. The number of rotatable bonds is 4. The average molecular weight is 441 g/mol. The molecule has 1 fully saturated rings. The highest BCUT2D eigenvalue weighted by molar-refractivity contribution is 7.17. The largest absolute Gasteiger partial charge is 0.365 e. The monoisotopic (exact) mass is 440 g/mol. The van der Waals surface area contributed by atoms with E-state index in [4.69, 9.17) is 17.3 Å². The highest BCUT2D eigenvalue weighted by atomic mass is 35.5. The van der Waals surface area contributed by atoms with Crippen LogP contribution in [-0.4, -0.2) is 29.4 Å². The maximum absolute atomic E-state index is 12.4. The molecule has 150 valence electrons. The van der Waals surface area contributed by atoms with Gasteiger partial charge in [0, 0.05) is 27.7 Å². The van der Waals surface area contributed by atoms with E-state index in [9.17, 15) is 9.59 Å². The molecular formula is C19H22Cl2N4O2S. The lowest BCUT2D eigenvalue weighted by Gasteiger charge is -2.34. The predicted molar refractivity (Wildman–Crippen MR) is 116 cm³/mol. The third kappa shape index (κ3) is 3.72. The lowest BCUT2D eigenvalue weighted by molar-refractivity contribution is 0.0996. The number of fused-ring (bicyclic) bond motifs is 4. The lowest BCUT2D eigenvalue weighted by atomic mass is 9.96. The maximum atomic E-state index is 12.4. The van der Waals surface area contributed by atoms with Crippen LogP contribution in [0.1, 0.15) is 46.6 Å². The van der Waals surface area contributed by atoms with E-state index in [1.165, 1.54) is 16.2 Å². The number of benzene rings is 1. The second kappa shape index (κ2) is 8.29. The van der Waals surface area contributed by atoms with Crippen LogP contribution in [0.3, 0.4) is 0 Å². The Morgan fingerprint density at radius 3 is 2.61 bits per heavy atom. The highest BCUT2D eigenvalue weighted by Gasteiger charge is 2.43. The van der Waals surface area contributed by atoms with E-state index in [-0.39, 0.29) is 18.4 Å². The molecule has 28 heavy (non-hydrogen) atoms. The number of amides is 3. The summed E-state index contributed by atoms with van der Waals surface area (Å²) in [6, 6.07) is 7.16. The second-order valence-electron chi connectivity index (χ2n) is 6.87. The fourth-order valence-electron chi connectivity index (χ4n) is 4.28. The minimum absolute atomic E-state index is 0. The molecule has 6 nitrogen and oxygen atoms in total. The Bertz CT molecular complexity index is 900. The van der Waals surface area contributed by atoms with Gasteiger partial charge in [-0.2, -0.15) is 0 Å². The molecule has 1 aromatic carbocycles. The first-order chi connectivity index (χ1) is 13.0. The summed E-state index contributed by atoms with van der Waals surface area (Å²) < 4.78 is 0. The Morgan fingerprint density at radius 2 is 1.96 bits per heavy atom. The van der Waals surface area contributed by atoms with Crippen LogP contribution in [0.15, 0.2) is 24.3 Å². The van der Waals surface area contributed by atoms with Gasteiger partial charge in [0.05, 0.1) is 5.56 Å². The van der Waals surface area contributed by atoms with Crippen LogP contribution in [0.25, 0.3) is 0 Å². The molecular weight excluding hydrogens is 419 g/mol. The van der Waals surface area contributed by atoms with E-state index in [2.05, 4.69) is 22.5 Å². The molecule has 1 aromatic heterocycles. The molecule has 2 bridgehead atoms. The van der Waals surface area contributed by atoms with Gasteiger partial charge in [-0.3, -0.25) is 15.0 Å². The van der Waals surface area contributed by atoms with Crippen molar-refractivity contribution < 1.29 is 9.59 Å². The van der Waals surface area contributed by atoms with Crippen LogP contribution in [0.4, 0.5) is 15.5 Å². The summed E-state index contributed by atoms with van der Waals surface area (Å²) in [6.45, 7) is 3.09. The summed E-state index contributed by atoms with van der Waals surface area (Å²) in [5.41, 5.74) is 7.81. The van der Waals surface area contributed by atoms with Gasteiger partial charge in [-0.15, -0.1) is 23.7 Å². The minimum atomic E-state index is -0.490. The van der Waals surface area contributed by atoms with E-state index < -0.39 is 11.9 Å². The van der Waals surface area contributed by atoms with Gasteiger partial charge in [0.1, 0.15) is 5.00 Å². The summed E-state index contributed by atoms with van der Waals surface area (Å²) in [6.07, 6.45) is 3.07. The van der Waals surface area contributed by atoms with Crippen molar-refractivity contribution in [1.29, 1.82) is 0 Å². The number of halogens is 2. The standard InChI is InChI=1S/C19H21ClN4O2S.ClH/c1-2-24-12-7-8-13(24)15-14(9-12)27-18(16(15)17(21)25)23-19(26)22-11-5-3-10(20)4-6-11;/h3-6,12-13H,2,7-9H2,1H3,(H2,21,25)(H2,22,23,26);1H/t12-,13+;/m0./s1. The third-order valence-corrected chi connectivity index (χ3v) is 6.75. The summed E-state index contributed by atoms with van der Waals surface area (Å²) in [7, 11) is 0. The lowest BCUT2D eigenvalue weighted by Crippen LogP contribution is -2.37. The number of nitrogens with one attached hydrogen (secondary N) is 2. The number of hydrogen-bond acceptors (Lipinski definition) is 4. The number of likely N-dealkylation sites (N-methyl/N-ethyl adjacent to an activating group) is 1. The van der Waals surface area contributed by atoms with Crippen molar-refractivity contribution in [2.24, 2.45) is 5.73 Å². The Morgan fingerprint density at radius 1 is 1.25 bits per heavy atom. The van der Waals surface area contributed by atoms with Gasteiger partial charge in [-0.05, 0) is 55.6 Å². The van der Waals surface area contributed by atoms with E-state index in [1.807, 2.05) is 0 Å². The molecule has 0 spiro atoms. The molecule has 4 rings (SSSR count). The molecule has 0 radical (unpaired) electrons. The zero-order valence-electron chi connectivity index (χ0n) is 15.3. The summed E-state index contributed by atoms with van der Waals surface area (Å²) in [5, 5.41) is 6.70. The normalized spacial score (nSPS) is 20.2. The Balaban J connectivity index is 0.00000225. The number of nitrogens with zero attached hydrogens (tertiary/aromatic N) is 1. The number of primary amides is 1. The van der Waals surface area contributed by atoms with Crippen LogP contribution in [-0.2, 0) is 6.42 Å². The zero-order chi connectivity index (χ0) is 19.1. The van der Waals surface area contributed by atoms with Crippen LogP contribution >= 0.6 is 35.3 Å². The number of anilines is 2. The molecule has 4 N–H and O–H groups in total. The Labute approximate surface area is 178 Å². The van der Waals surface area contributed by atoms with E-state index in [0.717, 1.165) is 31.4 Å². The number of nitrogens with two attached hydrogens (primary N) is 1. The van der Waals surface area contributed by atoms with Gasteiger partial charge < -0.3 is 11.1 Å². The van der Waals surface area contributed by atoms with Crippen molar-refractivity contribution in [1.82, 2.24) is 4.90 Å². The number of thiophene rings is 1. The molecule has 1 saturated heterocycles.